The van der Waals surface area contributed by atoms with Crippen LogP contribution in [0.25, 0.3) is 0 Å². The van der Waals surface area contributed by atoms with Crippen LogP contribution in [0.15, 0.2) is 53.9 Å². The first-order valence-corrected chi connectivity index (χ1v) is 11.3. The number of ether oxygens (including phenoxy) is 2. The lowest BCUT2D eigenvalue weighted by Gasteiger charge is -2.47. The molecule has 0 aliphatic carbocycles. The number of carboxylic acid groups (broad SMARTS) is 1. The van der Waals surface area contributed by atoms with E-state index < -0.39 is 17.3 Å². The number of halogens is 1. The Labute approximate surface area is 198 Å². The molecule has 8 heteroatoms. The Bertz CT molecular complexity index is 1090. The smallest absolute Gasteiger partial charge is 0.334 e. The zero-order valence-corrected chi connectivity index (χ0v) is 19.6. The number of carboxylic acids is 1. The summed E-state index contributed by atoms with van der Waals surface area (Å²) in [6, 6.07) is 10.6. The number of benzene rings is 1. The molecule has 3 heterocycles. The number of methoxy groups -OCH3 is 1. The molecule has 0 spiro atoms. The largest absolute Gasteiger partial charge is 0.496 e. The van der Waals surface area contributed by atoms with Crippen LogP contribution in [0.1, 0.15) is 43.7 Å². The van der Waals surface area contributed by atoms with Gasteiger partial charge in [-0.2, -0.15) is 0 Å². The number of amides is 1. The molecule has 0 saturated carbocycles. The Morgan fingerprint density at radius 2 is 2.09 bits per heavy atom. The maximum atomic E-state index is 14.3. The van der Waals surface area contributed by atoms with E-state index in [2.05, 4.69) is 4.98 Å². The van der Waals surface area contributed by atoms with Gasteiger partial charge in [-0.3, -0.25) is 4.79 Å². The molecule has 4 rings (SSSR count). The van der Waals surface area contributed by atoms with Crippen LogP contribution in [0, 0.1) is 0 Å². The van der Waals surface area contributed by atoms with Crippen LogP contribution < -0.4 is 4.74 Å². The van der Waals surface area contributed by atoms with Crippen LogP contribution in [0.3, 0.4) is 0 Å². The molecule has 0 bridgehead atoms. The van der Waals surface area contributed by atoms with Crippen molar-refractivity contribution in [2.45, 2.75) is 44.1 Å². The van der Waals surface area contributed by atoms with Crippen LogP contribution in [0.5, 0.6) is 5.75 Å². The van der Waals surface area contributed by atoms with Crippen LogP contribution in [0.4, 0.5) is 0 Å². The normalized spacial score (nSPS) is 25.5. The molecule has 2 aliphatic rings. The summed E-state index contributed by atoms with van der Waals surface area (Å²) < 4.78 is 11.4. The summed E-state index contributed by atoms with van der Waals surface area (Å²) in [5, 5.41) is 10.7. The molecule has 1 aromatic heterocycles. The zero-order valence-electron chi connectivity index (χ0n) is 18.9. The first kappa shape index (κ1) is 23.3. The minimum atomic E-state index is -1.27. The fourth-order valence-corrected chi connectivity index (χ4v) is 5.20. The highest BCUT2D eigenvalue weighted by atomic mass is 35.5. The molecule has 1 unspecified atom stereocenters. The lowest BCUT2D eigenvalue weighted by atomic mass is 9.62. The fourth-order valence-electron chi connectivity index (χ4n) is 5.09. The van der Waals surface area contributed by atoms with Crippen LogP contribution in [0.2, 0.25) is 5.15 Å². The van der Waals surface area contributed by atoms with Gasteiger partial charge in [0, 0.05) is 30.0 Å². The van der Waals surface area contributed by atoms with Gasteiger partial charge in [0.1, 0.15) is 10.9 Å². The minimum Gasteiger partial charge on any atom is -0.496 e. The summed E-state index contributed by atoms with van der Waals surface area (Å²) in [4.78, 5) is 32.7. The van der Waals surface area contributed by atoms with E-state index >= 15 is 0 Å². The van der Waals surface area contributed by atoms with Crippen molar-refractivity contribution in [2.75, 3.05) is 20.3 Å². The molecule has 174 valence electrons. The second-order valence-corrected chi connectivity index (χ2v) is 8.99. The highest BCUT2D eigenvalue weighted by molar-refractivity contribution is 6.29. The van der Waals surface area contributed by atoms with Crippen LogP contribution in [-0.4, -0.2) is 53.2 Å². The summed E-state index contributed by atoms with van der Waals surface area (Å²) in [6.45, 7) is 4.42. The molecule has 1 fully saturated rings. The van der Waals surface area contributed by atoms with E-state index in [1.807, 2.05) is 18.2 Å². The molecular formula is C25H27ClN2O5. The van der Waals surface area contributed by atoms with Crippen molar-refractivity contribution in [1.82, 2.24) is 9.88 Å². The van der Waals surface area contributed by atoms with Crippen molar-refractivity contribution in [1.29, 1.82) is 0 Å². The zero-order chi connectivity index (χ0) is 23.8. The molecule has 2 aliphatic heterocycles. The van der Waals surface area contributed by atoms with Gasteiger partial charge in [-0.25, -0.2) is 9.78 Å². The quantitative estimate of drug-likeness (QED) is 0.637. The van der Waals surface area contributed by atoms with E-state index in [0.29, 0.717) is 35.7 Å². The number of pyridine rings is 1. The van der Waals surface area contributed by atoms with Crippen LogP contribution in [-0.2, 0) is 19.7 Å². The lowest BCUT2D eigenvalue weighted by molar-refractivity contribution is -0.140. The fraction of sp³-hybridized carbons (Fsp3) is 0.400. The molecule has 1 N–H and O–H groups in total. The number of hydrogen-bond acceptors (Lipinski definition) is 5. The Morgan fingerprint density at radius 1 is 1.33 bits per heavy atom. The van der Waals surface area contributed by atoms with Gasteiger partial charge < -0.3 is 19.5 Å². The van der Waals surface area contributed by atoms with E-state index in [1.165, 1.54) is 7.11 Å². The summed E-state index contributed by atoms with van der Waals surface area (Å²) in [7, 11) is 1.54. The van der Waals surface area contributed by atoms with Gasteiger partial charge in [0.05, 0.1) is 30.7 Å². The van der Waals surface area contributed by atoms with Gasteiger partial charge in [-0.15, -0.1) is 0 Å². The summed E-state index contributed by atoms with van der Waals surface area (Å²) in [5.41, 5.74) is 0.490. The number of para-hydroxylation sites is 1. The second-order valence-electron chi connectivity index (χ2n) is 8.60. The maximum Gasteiger partial charge on any atom is 0.334 e. The minimum absolute atomic E-state index is 0.130. The predicted molar refractivity (Wildman–Crippen MR) is 123 cm³/mol. The molecule has 0 radical (unpaired) electrons. The number of rotatable bonds is 6. The van der Waals surface area contributed by atoms with Crippen LogP contribution >= 0.6 is 11.6 Å². The van der Waals surface area contributed by atoms with Crippen molar-refractivity contribution in [3.8, 4) is 5.75 Å². The molecule has 1 saturated heterocycles. The maximum absolute atomic E-state index is 14.3. The standard InChI is InChI=1S/C25H27ClN2O5/c1-15-21(23(29)30)22(16-10-11-20(26)27-13-16)25(2,18-8-4-5-9-19(18)32-3)24(31)28(15)14-17-7-6-12-33-17/h4-5,8-11,13,17,22H,6-7,12,14H2,1-3H3,(H,29,30)/t17-,22-,25?/m0/s1. The average Bonchev–Trinajstić information content (AvgIpc) is 3.32. The van der Waals surface area contributed by atoms with E-state index in [1.54, 1.807) is 43.1 Å². The van der Waals surface area contributed by atoms with Crippen molar-refractivity contribution in [3.05, 3.63) is 70.1 Å². The number of carbonyl (C=O) groups excluding carboxylic acids is 1. The second kappa shape index (κ2) is 9.15. The lowest BCUT2D eigenvalue weighted by Crippen LogP contribution is -2.55. The van der Waals surface area contributed by atoms with E-state index in [4.69, 9.17) is 21.1 Å². The van der Waals surface area contributed by atoms with Crippen molar-refractivity contribution >= 4 is 23.5 Å². The van der Waals surface area contributed by atoms with E-state index in [0.717, 1.165) is 12.8 Å². The van der Waals surface area contributed by atoms with E-state index in [-0.39, 0.29) is 22.7 Å². The Hall–Kier alpha value is -2.90. The SMILES string of the molecule is COc1ccccc1C1(C)C(=O)N(C[C@@H]2CCCO2)C(C)=C(C(=O)O)[C@@H]1c1ccc(Cl)nc1. The third-order valence-electron chi connectivity index (χ3n) is 6.74. The summed E-state index contributed by atoms with van der Waals surface area (Å²) in [6.07, 6.45) is 3.16. The molecule has 1 aromatic carbocycles. The summed E-state index contributed by atoms with van der Waals surface area (Å²) in [5.74, 6) is -1.57. The third kappa shape index (κ3) is 4.00. The molecule has 1 amide bonds. The highest BCUT2D eigenvalue weighted by Crippen LogP contribution is 2.52. The van der Waals surface area contributed by atoms with Crippen molar-refractivity contribution < 1.29 is 24.2 Å². The van der Waals surface area contributed by atoms with E-state index in [9.17, 15) is 14.7 Å². The number of allylic oxidation sites excluding steroid dienone is 1. The first-order chi connectivity index (χ1) is 15.8. The molecule has 3 atom stereocenters. The monoisotopic (exact) mass is 470 g/mol. The van der Waals surface area contributed by atoms with Gasteiger partial charge in [0.2, 0.25) is 5.91 Å². The Balaban J connectivity index is 1.98. The number of aromatic nitrogens is 1. The predicted octanol–water partition coefficient (Wildman–Crippen LogP) is 4.16. The number of hydrogen-bond donors (Lipinski definition) is 1. The number of aliphatic carboxylic acids is 1. The molecular weight excluding hydrogens is 444 g/mol. The molecule has 33 heavy (non-hydrogen) atoms. The third-order valence-corrected chi connectivity index (χ3v) is 6.96. The van der Waals surface area contributed by atoms with Gasteiger partial charge in [-0.05, 0) is 44.4 Å². The molecule has 7 nitrogen and oxygen atoms in total. The van der Waals surface area contributed by atoms with Gasteiger partial charge in [-0.1, -0.05) is 35.9 Å². The average molecular weight is 471 g/mol. The van der Waals surface area contributed by atoms with Gasteiger partial charge in [0.15, 0.2) is 0 Å². The summed E-state index contributed by atoms with van der Waals surface area (Å²) >= 11 is 6.01. The first-order valence-electron chi connectivity index (χ1n) is 10.9. The highest BCUT2D eigenvalue weighted by Gasteiger charge is 2.55. The number of carbonyl (C=O) groups is 2. The molecule has 2 aromatic rings. The Morgan fingerprint density at radius 3 is 2.70 bits per heavy atom. The number of nitrogens with zero attached hydrogens (tertiary/aromatic N) is 2. The topological polar surface area (TPSA) is 89.0 Å². The van der Waals surface area contributed by atoms with Crippen molar-refractivity contribution in [2.24, 2.45) is 0 Å². The van der Waals surface area contributed by atoms with Crippen molar-refractivity contribution in [3.63, 3.8) is 0 Å². The Kier molecular flexibility index (Phi) is 6.45. The van der Waals surface area contributed by atoms with Gasteiger partial charge in [0.25, 0.3) is 0 Å². The van der Waals surface area contributed by atoms with Gasteiger partial charge >= 0.3 is 5.97 Å².